The highest BCUT2D eigenvalue weighted by Gasteiger charge is 2.35. The molecule has 0 spiro atoms. The first kappa shape index (κ1) is 13.7. The minimum atomic E-state index is -0.295. The molecular weight excluding hydrogens is 338 g/mol. The molecule has 0 saturated carbocycles. The summed E-state index contributed by atoms with van der Waals surface area (Å²) >= 11 is 9.63. The highest BCUT2D eigenvalue weighted by molar-refractivity contribution is 9.10. The lowest BCUT2D eigenvalue weighted by molar-refractivity contribution is -0.116. The number of amides is 1. The summed E-state index contributed by atoms with van der Waals surface area (Å²) in [5, 5.41) is 3.58. The maximum Gasteiger partial charge on any atom is 0.239 e. The van der Waals surface area contributed by atoms with Crippen molar-refractivity contribution in [2.75, 3.05) is 5.32 Å². The molecule has 1 heterocycles. The van der Waals surface area contributed by atoms with Crippen LogP contribution in [0.25, 0.3) is 0 Å². The van der Waals surface area contributed by atoms with Gasteiger partial charge in [-0.05, 0) is 36.2 Å². The molecule has 3 rings (SSSR count). The Balaban J connectivity index is 2.15. The van der Waals surface area contributed by atoms with Crippen molar-refractivity contribution in [3.8, 4) is 0 Å². The Morgan fingerprint density at radius 2 is 1.85 bits per heavy atom. The fraction of sp³-hybridized carbons (Fsp3) is 0.188. The third-order valence-electron chi connectivity index (χ3n) is 3.59. The molecule has 0 aromatic heterocycles. The molecule has 1 N–H and O–H groups in total. The van der Waals surface area contributed by atoms with E-state index in [4.69, 9.17) is 11.6 Å². The summed E-state index contributed by atoms with van der Waals surface area (Å²) in [6.07, 6.45) is 0. The highest BCUT2D eigenvalue weighted by Crippen LogP contribution is 2.41. The number of halogens is 2. The van der Waals surface area contributed by atoms with Crippen LogP contribution in [0, 0.1) is 6.92 Å². The maximum atomic E-state index is 12.1. The van der Waals surface area contributed by atoms with Gasteiger partial charge in [0, 0.05) is 16.6 Å². The SMILES string of the molecule is Cc1ccc(C2c3cc(Cl)ccc3NC(=O)C2Br)cc1. The third-order valence-corrected chi connectivity index (χ3v) is 4.77. The van der Waals surface area contributed by atoms with Gasteiger partial charge in [-0.15, -0.1) is 0 Å². The van der Waals surface area contributed by atoms with Gasteiger partial charge >= 0.3 is 0 Å². The lowest BCUT2D eigenvalue weighted by Crippen LogP contribution is -2.34. The molecule has 0 radical (unpaired) electrons. The van der Waals surface area contributed by atoms with Crippen LogP contribution < -0.4 is 5.32 Å². The largest absolute Gasteiger partial charge is 0.325 e. The van der Waals surface area contributed by atoms with Crippen LogP contribution >= 0.6 is 27.5 Å². The number of hydrogen-bond acceptors (Lipinski definition) is 1. The van der Waals surface area contributed by atoms with Crippen molar-refractivity contribution in [3.05, 3.63) is 64.2 Å². The topological polar surface area (TPSA) is 29.1 Å². The smallest absolute Gasteiger partial charge is 0.239 e. The number of rotatable bonds is 1. The zero-order chi connectivity index (χ0) is 14.3. The van der Waals surface area contributed by atoms with Gasteiger partial charge in [-0.25, -0.2) is 0 Å². The van der Waals surface area contributed by atoms with Crippen LogP contribution in [0.3, 0.4) is 0 Å². The molecule has 0 fully saturated rings. The number of fused-ring (bicyclic) bond motifs is 1. The molecule has 1 aliphatic rings. The van der Waals surface area contributed by atoms with E-state index in [1.807, 2.05) is 19.1 Å². The van der Waals surface area contributed by atoms with E-state index in [2.05, 4.69) is 45.5 Å². The first-order valence-corrected chi connectivity index (χ1v) is 7.66. The number of carbonyl (C=O) groups is 1. The summed E-state index contributed by atoms with van der Waals surface area (Å²) in [7, 11) is 0. The second kappa shape index (κ2) is 5.23. The van der Waals surface area contributed by atoms with E-state index in [-0.39, 0.29) is 16.7 Å². The standard InChI is InChI=1S/C16H13BrClNO/c1-9-2-4-10(5-3-9)14-12-8-11(18)6-7-13(12)19-16(20)15(14)17/h2-8,14-15H,1H3,(H,19,20). The predicted octanol–water partition coefficient (Wildman–Crippen LogP) is 4.50. The first-order chi connectivity index (χ1) is 9.56. The zero-order valence-corrected chi connectivity index (χ0v) is 13.2. The van der Waals surface area contributed by atoms with Crippen molar-refractivity contribution in [3.63, 3.8) is 0 Å². The number of hydrogen-bond donors (Lipinski definition) is 1. The molecule has 2 unspecified atom stereocenters. The molecule has 2 nitrogen and oxygen atoms in total. The highest BCUT2D eigenvalue weighted by atomic mass is 79.9. The number of anilines is 1. The van der Waals surface area contributed by atoms with E-state index in [1.165, 1.54) is 5.56 Å². The van der Waals surface area contributed by atoms with E-state index in [0.717, 1.165) is 16.8 Å². The number of nitrogens with one attached hydrogen (secondary N) is 1. The van der Waals surface area contributed by atoms with Gasteiger partial charge < -0.3 is 5.32 Å². The lowest BCUT2D eigenvalue weighted by Gasteiger charge is -2.30. The van der Waals surface area contributed by atoms with Crippen LogP contribution in [-0.2, 0) is 4.79 Å². The Hall–Kier alpha value is -1.32. The normalized spacial score (nSPS) is 21.2. The van der Waals surface area contributed by atoms with Crippen LogP contribution in [0.1, 0.15) is 22.6 Å². The van der Waals surface area contributed by atoms with Crippen molar-refractivity contribution in [1.29, 1.82) is 0 Å². The van der Waals surface area contributed by atoms with Crippen LogP contribution in [-0.4, -0.2) is 10.7 Å². The summed E-state index contributed by atoms with van der Waals surface area (Å²) in [4.78, 5) is 11.8. The minimum Gasteiger partial charge on any atom is -0.325 e. The van der Waals surface area contributed by atoms with Crippen LogP contribution in [0.15, 0.2) is 42.5 Å². The van der Waals surface area contributed by atoms with E-state index in [0.29, 0.717) is 5.02 Å². The predicted molar refractivity (Wildman–Crippen MR) is 85.8 cm³/mol. The molecule has 4 heteroatoms. The van der Waals surface area contributed by atoms with Gasteiger partial charge in [0.1, 0.15) is 4.83 Å². The molecule has 1 aliphatic heterocycles. The van der Waals surface area contributed by atoms with E-state index in [1.54, 1.807) is 6.07 Å². The second-order valence-corrected chi connectivity index (χ2v) is 6.43. The Morgan fingerprint density at radius 1 is 1.15 bits per heavy atom. The Labute approximate surface area is 131 Å². The van der Waals surface area contributed by atoms with Crippen molar-refractivity contribution in [2.24, 2.45) is 0 Å². The summed E-state index contributed by atoms with van der Waals surface area (Å²) in [6, 6.07) is 13.8. The van der Waals surface area contributed by atoms with Gasteiger partial charge in [-0.2, -0.15) is 0 Å². The van der Waals surface area contributed by atoms with Gasteiger partial charge in [0.2, 0.25) is 5.91 Å². The van der Waals surface area contributed by atoms with Crippen molar-refractivity contribution in [1.82, 2.24) is 0 Å². The third kappa shape index (κ3) is 2.36. The summed E-state index contributed by atoms with van der Waals surface area (Å²) in [5.74, 6) is -0.0524. The van der Waals surface area contributed by atoms with Crippen molar-refractivity contribution < 1.29 is 4.79 Å². The molecule has 0 aliphatic carbocycles. The number of alkyl halides is 1. The van der Waals surface area contributed by atoms with Gasteiger partial charge in [0.05, 0.1) is 0 Å². The Morgan fingerprint density at radius 3 is 2.55 bits per heavy atom. The van der Waals surface area contributed by atoms with E-state index < -0.39 is 0 Å². The van der Waals surface area contributed by atoms with Crippen molar-refractivity contribution in [2.45, 2.75) is 17.7 Å². The molecule has 2 atom stereocenters. The van der Waals surface area contributed by atoms with Crippen LogP contribution in [0.5, 0.6) is 0 Å². The number of benzene rings is 2. The molecule has 0 bridgehead atoms. The molecule has 102 valence electrons. The monoisotopic (exact) mass is 349 g/mol. The average Bonchev–Trinajstić information content (AvgIpc) is 2.42. The fourth-order valence-corrected chi connectivity index (χ4v) is 3.42. The van der Waals surface area contributed by atoms with E-state index >= 15 is 0 Å². The number of aryl methyl sites for hydroxylation is 1. The first-order valence-electron chi connectivity index (χ1n) is 6.37. The van der Waals surface area contributed by atoms with Gasteiger partial charge in [-0.3, -0.25) is 4.79 Å². The Kier molecular flexibility index (Phi) is 3.57. The van der Waals surface area contributed by atoms with Gasteiger partial charge in [0.15, 0.2) is 0 Å². The van der Waals surface area contributed by atoms with Crippen LogP contribution in [0.4, 0.5) is 5.69 Å². The van der Waals surface area contributed by atoms with Gasteiger partial charge in [-0.1, -0.05) is 57.4 Å². The number of carbonyl (C=O) groups excluding carboxylic acids is 1. The molecule has 1 amide bonds. The Bertz CT molecular complexity index is 669. The zero-order valence-electron chi connectivity index (χ0n) is 10.9. The summed E-state index contributed by atoms with van der Waals surface area (Å²) in [5.41, 5.74) is 4.19. The van der Waals surface area contributed by atoms with Crippen molar-refractivity contribution >= 4 is 39.1 Å². The summed E-state index contributed by atoms with van der Waals surface area (Å²) < 4.78 is 0. The lowest BCUT2D eigenvalue weighted by atomic mass is 9.84. The summed E-state index contributed by atoms with van der Waals surface area (Å²) in [6.45, 7) is 2.05. The molecule has 20 heavy (non-hydrogen) atoms. The van der Waals surface area contributed by atoms with Crippen LogP contribution in [0.2, 0.25) is 5.02 Å². The molecule has 2 aromatic rings. The maximum absolute atomic E-state index is 12.1. The quantitative estimate of drug-likeness (QED) is 0.754. The second-order valence-electron chi connectivity index (χ2n) is 5.01. The molecular formula is C16H13BrClNO. The molecule has 0 saturated heterocycles. The fourth-order valence-electron chi connectivity index (χ4n) is 2.54. The minimum absolute atomic E-state index is 0.0228. The van der Waals surface area contributed by atoms with Gasteiger partial charge in [0.25, 0.3) is 0 Å². The van der Waals surface area contributed by atoms with E-state index in [9.17, 15) is 4.79 Å². The average molecular weight is 351 g/mol. The molecule has 2 aromatic carbocycles.